The summed E-state index contributed by atoms with van der Waals surface area (Å²) < 4.78 is 1.80. The maximum Gasteiger partial charge on any atom is 0.141 e. The Hall–Kier alpha value is -2.34. The number of rotatable bonds is 2. The van der Waals surface area contributed by atoms with E-state index in [0.717, 1.165) is 48.6 Å². The van der Waals surface area contributed by atoms with Crippen LogP contribution in [0.25, 0.3) is 22.4 Å². The van der Waals surface area contributed by atoms with Crippen molar-refractivity contribution in [2.45, 2.75) is 6.92 Å². The van der Waals surface area contributed by atoms with Gasteiger partial charge in [-0.15, -0.1) is 0 Å². The number of anilines is 1. The van der Waals surface area contributed by atoms with E-state index >= 15 is 0 Å². The molecule has 0 spiro atoms. The van der Waals surface area contributed by atoms with Crippen molar-refractivity contribution in [2.75, 3.05) is 38.1 Å². The minimum Gasteiger partial charge on any atom is -0.369 e. The van der Waals surface area contributed by atoms with Gasteiger partial charge in [0, 0.05) is 45.1 Å². The van der Waals surface area contributed by atoms with Crippen LogP contribution < -0.4 is 4.90 Å². The maximum absolute atomic E-state index is 4.76. The van der Waals surface area contributed by atoms with Gasteiger partial charge in [-0.25, -0.2) is 4.98 Å². The van der Waals surface area contributed by atoms with E-state index < -0.39 is 0 Å². The molecule has 0 atom stereocenters. The Bertz CT molecular complexity index is 838. The fraction of sp³-hybridized carbons (Fsp3) is 0.412. The molecule has 1 fully saturated rings. The van der Waals surface area contributed by atoms with E-state index in [0.29, 0.717) is 0 Å². The van der Waals surface area contributed by atoms with Gasteiger partial charge >= 0.3 is 0 Å². The topological polar surface area (TPSA) is 53.0 Å². The zero-order valence-corrected chi connectivity index (χ0v) is 13.9. The summed E-state index contributed by atoms with van der Waals surface area (Å²) in [7, 11) is 4.10. The Balaban J connectivity index is 1.72. The molecule has 1 aliphatic rings. The van der Waals surface area contributed by atoms with E-state index in [1.807, 2.05) is 19.4 Å². The highest BCUT2D eigenvalue weighted by atomic mass is 15.3. The first kappa shape index (κ1) is 14.3. The largest absolute Gasteiger partial charge is 0.369 e. The second-order valence-electron chi connectivity index (χ2n) is 6.44. The summed E-state index contributed by atoms with van der Waals surface area (Å²) >= 11 is 0. The molecular formula is C17H22N6. The average molecular weight is 310 g/mol. The second kappa shape index (κ2) is 5.38. The number of aryl methyl sites for hydroxylation is 2. The van der Waals surface area contributed by atoms with Gasteiger partial charge in [0.05, 0.1) is 22.8 Å². The lowest BCUT2D eigenvalue weighted by atomic mass is 10.1. The number of hydrogen-bond acceptors (Lipinski definition) is 4. The second-order valence-corrected chi connectivity index (χ2v) is 6.44. The molecule has 0 amide bonds. The first-order valence-electron chi connectivity index (χ1n) is 8.03. The van der Waals surface area contributed by atoms with Gasteiger partial charge < -0.3 is 14.8 Å². The minimum absolute atomic E-state index is 0.881. The van der Waals surface area contributed by atoms with Gasteiger partial charge in [-0.3, -0.25) is 4.68 Å². The average Bonchev–Trinajstić information content (AvgIpc) is 3.14. The predicted molar refractivity (Wildman–Crippen MR) is 92.7 cm³/mol. The smallest absolute Gasteiger partial charge is 0.141 e. The quantitative estimate of drug-likeness (QED) is 0.787. The molecule has 23 heavy (non-hydrogen) atoms. The summed E-state index contributed by atoms with van der Waals surface area (Å²) in [6.07, 6.45) is 3.82. The molecule has 6 nitrogen and oxygen atoms in total. The maximum atomic E-state index is 4.76. The molecule has 1 aliphatic heterocycles. The fourth-order valence-electron chi connectivity index (χ4n) is 3.20. The third-order valence-corrected chi connectivity index (χ3v) is 4.61. The van der Waals surface area contributed by atoms with Crippen LogP contribution in [-0.4, -0.2) is 57.9 Å². The van der Waals surface area contributed by atoms with Crippen molar-refractivity contribution in [1.82, 2.24) is 24.6 Å². The number of benzene rings is 1. The SMILES string of the molecule is Cc1cc(N2CCN(C)CC2)cc2[nH]c(-c3cnn(C)c3)nc12. The first-order chi connectivity index (χ1) is 11.1. The summed E-state index contributed by atoms with van der Waals surface area (Å²) in [4.78, 5) is 13.0. The molecule has 0 radical (unpaired) electrons. The number of H-pyrrole nitrogens is 1. The highest BCUT2D eigenvalue weighted by Gasteiger charge is 2.17. The molecule has 1 aromatic carbocycles. The molecule has 3 aromatic rings. The van der Waals surface area contributed by atoms with E-state index in [1.165, 1.54) is 11.3 Å². The molecular weight excluding hydrogens is 288 g/mol. The summed E-state index contributed by atoms with van der Waals surface area (Å²) in [5, 5.41) is 4.23. The number of piperazine rings is 1. The van der Waals surface area contributed by atoms with Crippen molar-refractivity contribution in [2.24, 2.45) is 7.05 Å². The molecule has 1 N–H and O–H groups in total. The Labute approximate surface area is 135 Å². The lowest BCUT2D eigenvalue weighted by Gasteiger charge is -2.34. The van der Waals surface area contributed by atoms with E-state index in [9.17, 15) is 0 Å². The molecule has 0 bridgehead atoms. The van der Waals surface area contributed by atoms with Crippen LogP contribution in [-0.2, 0) is 7.05 Å². The zero-order valence-electron chi connectivity index (χ0n) is 13.9. The van der Waals surface area contributed by atoms with Crippen molar-refractivity contribution >= 4 is 16.7 Å². The van der Waals surface area contributed by atoms with Crippen LogP contribution in [0.4, 0.5) is 5.69 Å². The summed E-state index contributed by atoms with van der Waals surface area (Å²) in [6, 6.07) is 4.47. The standard InChI is InChI=1S/C17H22N6/c1-12-8-14(23-6-4-21(2)5-7-23)9-15-16(12)20-17(19-15)13-10-18-22(3)11-13/h8-11H,4-7H2,1-3H3,(H,19,20). The van der Waals surface area contributed by atoms with Crippen LogP contribution in [0.2, 0.25) is 0 Å². The van der Waals surface area contributed by atoms with E-state index in [2.05, 4.69) is 46.0 Å². The Morgan fingerprint density at radius 1 is 1.09 bits per heavy atom. The van der Waals surface area contributed by atoms with Crippen molar-refractivity contribution in [3.8, 4) is 11.4 Å². The molecule has 0 aliphatic carbocycles. The molecule has 6 heteroatoms. The van der Waals surface area contributed by atoms with Crippen molar-refractivity contribution in [1.29, 1.82) is 0 Å². The molecule has 4 rings (SSSR count). The van der Waals surface area contributed by atoms with Crippen LogP contribution in [0.15, 0.2) is 24.5 Å². The first-order valence-corrected chi connectivity index (χ1v) is 8.03. The van der Waals surface area contributed by atoms with Gasteiger partial charge in [0.2, 0.25) is 0 Å². The van der Waals surface area contributed by atoms with Crippen molar-refractivity contribution < 1.29 is 0 Å². The Kier molecular flexibility index (Phi) is 3.34. The number of aromatic nitrogens is 4. The van der Waals surface area contributed by atoms with Crippen LogP contribution in [0.3, 0.4) is 0 Å². The van der Waals surface area contributed by atoms with Crippen molar-refractivity contribution in [3.63, 3.8) is 0 Å². The van der Waals surface area contributed by atoms with Crippen molar-refractivity contribution in [3.05, 3.63) is 30.1 Å². The number of imidazole rings is 1. The highest BCUT2D eigenvalue weighted by Crippen LogP contribution is 2.27. The molecule has 2 aromatic heterocycles. The minimum atomic E-state index is 0.881. The monoisotopic (exact) mass is 310 g/mol. The third kappa shape index (κ3) is 2.59. The lowest BCUT2D eigenvalue weighted by molar-refractivity contribution is 0.313. The predicted octanol–water partition coefficient (Wildman–Crippen LogP) is 2.02. The van der Waals surface area contributed by atoms with Gasteiger partial charge in [0.1, 0.15) is 5.82 Å². The molecule has 0 unspecified atom stereocenters. The molecule has 120 valence electrons. The number of aromatic amines is 1. The number of fused-ring (bicyclic) bond motifs is 1. The number of hydrogen-bond donors (Lipinski definition) is 1. The van der Waals surface area contributed by atoms with Gasteiger partial charge in [-0.2, -0.15) is 5.10 Å². The zero-order chi connectivity index (χ0) is 16.0. The van der Waals surface area contributed by atoms with Gasteiger partial charge in [0.25, 0.3) is 0 Å². The van der Waals surface area contributed by atoms with Crippen LogP contribution >= 0.6 is 0 Å². The highest BCUT2D eigenvalue weighted by molar-refractivity contribution is 5.85. The Morgan fingerprint density at radius 2 is 1.87 bits per heavy atom. The van der Waals surface area contributed by atoms with Crippen LogP contribution in [0, 0.1) is 6.92 Å². The number of nitrogens with one attached hydrogen (secondary N) is 1. The number of likely N-dealkylation sites (N-methyl/N-ethyl adjacent to an activating group) is 1. The molecule has 3 heterocycles. The summed E-state index contributed by atoms with van der Waals surface area (Å²) in [5.41, 5.74) is 5.65. The molecule has 0 saturated carbocycles. The third-order valence-electron chi connectivity index (χ3n) is 4.61. The molecule has 1 saturated heterocycles. The van der Waals surface area contributed by atoms with E-state index in [-0.39, 0.29) is 0 Å². The van der Waals surface area contributed by atoms with Crippen LogP contribution in [0.1, 0.15) is 5.56 Å². The number of nitrogens with zero attached hydrogens (tertiary/aromatic N) is 5. The van der Waals surface area contributed by atoms with Gasteiger partial charge in [-0.1, -0.05) is 0 Å². The van der Waals surface area contributed by atoms with E-state index in [4.69, 9.17) is 4.98 Å². The summed E-state index contributed by atoms with van der Waals surface area (Å²) in [6.45, 7) is 6.51. The van der Waals surface area contributed by atoms with Crippen LogP contribution in [0.5, 0.6) is 0 Å². The fourth-order valence-corrected chi connectivity index (χ4v) is 3.20. The normalized spacial score (nSPS) is 16.4. The lowest BCUT2D eigenvalue weighted by Crippen LogP contribution is -2.44. The van der Waals surface area contributed by atoms with Gasteiger partial charge in [-0.05, 0) is 31.7 Å². The Morgan fingerprint density at radius 3 is 2.57 bits per heavy atom. The van der Waals surface area contributed by atoms with Gasteiger partial charge in [0.15, 0.2) is 0 Å². The van der Waals surface area contributed by atoms with E-state index in [1.54, 1.807) is 4.68 Å². The summed E-state index contributed by atoms with van der Waals surface area (Å²) in [5.74, 6) is 0.881.